The number of rotatable bonds is 8. The number of carbonyl (C=O) groups excluding carboxylic acids is 2. The summed E-state index contributed by atoms with van der Waals surface area (Å²) in [5.74, 6) is -0.515. The van der Waals surface area contributed by atoms with Crippen molar-refractivity contribution in [3.8, 4) is 5.75 Å². The Morgan fingerprint density at radius 3 is 2.87 bits per heavy atom. The van der Waals surface area contributed by atoms with Gasteiger partial charge in [-0.2, -0.15) is 0 Å². The van der Waals surface area contributed by atoms with E-state index in [4.69, 9.17) is 21.1 Å². The van der Waals surface area contributed by atoms with Crippen molar-refractivity contribution in [3.63, 3.8) is 0 Å². The number of hydrogen-bond acceptors (Lipinski definition) is 5. The molecule has 0 aliphatic carbocycles. The average Bonchev–Trinajstić information content (AvgIpc) is 3.60. The molecule has 2 atom stereocenters. The van der Waals surface area contributed by atoms with Gasteiger partial charge in [0.1, 0.15) is 13.2 Å². The Hall–Kier alpha value is -3.14. The minimum absolute atomic E-state index is 0.108. The summed E-state index contributed by atoms with van der Waals surface area (Å²) in [6.45, 7) is 1.41. The Morgan fingerprint density at radius 1 is 1.21 bits per heavy atom. The topological polar surface area (TPSA) is 71.1 Å². The molecule has 2 aromatic carbocycles. The lowest BCUT2D eigenvalue weighted by molar-refractivity contribution is -0.135. The number of hydrogen-bond donors (Lipinski definition) is 1. The molecule has 0 spiro atoms. The van der Waals surface area contributed by atoms with Crippen molar-refractivity contribution >= 4 is 40.6 Å². The lowest BCUT2D eigenvalue weighted by Crippen LogP contribution is -2.50. The van der Waals surface area contributed by atoms with Gasteiger partial charge in [-0.15, -0.1) is 11.3 Å². The van der Waals surface area contributed by atoms with Gasteiger partial charge in [-0.1, -0.05) is 29.8 Å². The van der Waals surface area contributed by atoms with Gasteiger partial charge in [0, 0.05) is 35.3 Å². The minimum atomic E-state index is -0.452. The van der Waals surface area contributed by atoms with Crippen LogP contribution in [0.3, 0.4) is 0 Å². The zero-order valence-electron chi connectivity index (χ0n) is 20.8. The van der Waals surface area contributed by atoms with E-state index >= 15 is 0 Å². The van der Waals surface area contributed by atoms with E-state index in [1.807, 2.05) is 11.4 Å². The van der Waals surface area contributed by atoms with Crippen LogP contribution in [-0.2, 0) is 16.0 Å². The van der Waals surface area contributed by atoms with Crippen LogP contribution in [0, 0.1) is 5.82 Å². The maximum Gasteiger partial charge on any atom is 0.322 e. The van der Waals surface area contributed by atoms with E-state index in [-0.39, 0.29) is 30.9 Å². The number of fused-ring (bicyclic) bond motifs is 1. The van der Waals surface area contributed by atoms with Crippen LogP contribution < -0.4 is 10.1 Å². The fourth-order valence-electron chi connectivity index (χ4n) is 4.88. The molecule has 0 saturated carbocycles. The van der Waals surface area contributed by atoms with E-state index in [1.54, 1.807) is 58.7 Å². The lowest BCUT2D eigenvalue weighted by Gasteiger charge is -2.37. The van der Waals surface area contributed by atoms with Crippen LogP contribution in [0.2, 0.25) is 5.02 Å². The highest BCUT2D eigenvalue weighted by Crippen LogP contribution is 2.34. The Balaban J connectivity index is 1.33. The molecule has 0 radical (unpaired) electrons. The molecule has 1 aromatic heterocycles. The number of urea groups is 1. The highest BCUT2D eigenvalue weighted by molar-refractivity contribution is 7.10. The van der Waals surface area contributed by atoms with Gasteiger partial charge in [0.05, 0.1) is 12.1 Å². The molecular weight excluding hydrogens is 529 g/mol. The molecule has 5 rings (SSSR count). The van der Waals surface area contributed by atoms with Crippen molar-refractivity contribution in [3.05, 3.63) is 81.3 Å². The summed E-state index contributed by atoms with van der Waals surface area (Å²) in [6.07, 6.45) is 2.34. The summed E-state index contributed by atoms with van der Waals surface area (Å²) in [7, 11) is 0. The number of ether oxygens (including phenoxy) is 2. The maximum atomic E-state index is 14.2. The smallest absolute Gasteiger partial charge is 0.322 e. The third-order valence-electron chi connectivity index (χ3n) is 6.79. The van der Waals surface area contributed by atoms with Crippen molar-refractivity contribution in [1.29, 1.82) is 0 Å². The van der Waals surface area contributed by atoms with Gasteiger partial charge in [0.15, 0.2) is 11.6 Å². The number of para-hydroxylation sites is 1. The molecule has 2 aliphatic rings. The largest absolute Gasteiger partial charge is 0.488 e. The standard InChI is InChI=1S/C28H29ClFN3O4S/c29-19-5-3-6-20(15-19)31-28(35)32(16-21-7-4-13-36-21)17-27(34)33-12-10-26-22(11-14-38-26)24(33)18-37-25-9-2-1-8-23(25)30/h1-3,5-6,8-9,11,14-15,21,24H,4,7,10,12-13,16-18H2,(H,31,35)/t21-,24-/m0/s1. The number of nitrogens with zero attached hydrogens (tertiary/aromatic N) is 2. The molecule has 1 saturated heterocycles. The molecule has 3 aromatic rings. The van der Waals surface area contributed by atoms with E-state index in [0.29, 0.717) is 30.4 Å². The number of thiophene rings is 1. The van der Waals surface area contributed by atoms with Crippen molar-refractivity contribution in [2.45, 2.75) is 31.4 Å². The molecule has 0 unspecified atom stereocenters. The molecule has 2 aliphatic heterocycles. The zero-order chi connectivity index (χ0) is 26.5. The summed E-state index contributed by atoms with van der Waals surface area (Å²) in [6, 6.07) is 14.3. The number of halogens is 2. The number of benzene rings is 2. The molecule has 1 fully saturated rings. The Bertz CT molecular complexity index is 1280. The van der Waals surface area contributed by atoms with Crippen LogP contribution in [0.15, 0.2) is 60.0 Å². The molecule has 10 heteroatoms. The molecule has 1 N–H and O–H groups in total. The fourth-order valence-corrected chi connectivity index (χ4v) is 6.00. The molecule has 0 bridgehead atoms. The summed E-state index contributed by atoms with van der Waals surface area (Å²) in [5.41, 5.74) is 1.55. The van der Waals surface area contributed by atoms with Crippen molar-refractivity contribution < 1.29 is 23.5 Å². The van der Waals surface area contributed by atoms with E-state index < -0.39 is 17.9 Å². The summed E-state index contributed by atoms with van der Waals surface area (Å²) >= 11 is 7.72. The zero-order valence-corrected chi connectivity index (χ0v) is 22.3. The predicted molar refractivity (Wildman–Crippen MR) is 145 cm³/mol. The van der Waals surface area contributed by atoms with Crippen LogP contribution in [0.4, 0.5) is 14.9 Å². The van der Waals surface area contributed by atoms with Gasteiger partial charge in [-0.05, 0) is 66.6 Å². The van der Waals surface area contributed by atoms with Crippen LogP contribution in [-0.4, -0.2) is 60.7 Å². The van der Waals surface area contributed by atoms with E-state index in [9.17, 15) is 14.0 Å². The highest BCUT2D eigenvalue weighted by Gasteiger charge is 2.34. The SMILES string of the molecule is O=C(Nc1cccc(Cl)c1)N(CC(=O)N1CCc2sccc2[C@@H]1COc1ccccc1F)C[C@@H]1CCCO1. The first-order valence-electron chi connectivity index (χ1n) is 12.6. The summed E-state index contributed by atoms with van der Waals surface area (Å²) in [4.78, 5) is 31.5. The van der Waals surface area contributed by atoms with E-state index in [2.05, 4.69) is 5.32 Å². The number of nitrogens with one attached hydrogen (secondary N) is 1. The predicted octanol–water partition coefficient (Wildman–Crippen LogP) is 5.76. The normalized spacial score (nSPS) is 18.6. The van der Waals surface area contributed by atoms with Crippen LogP contribution in [0.1, 0.15) is 29.3 Å². The van der Waals surface area contributed by atoms with Gasteiger partial charge in [-0.3, -0.25) is 4.79 Å². The van der Waals surface area contributed by atoms with E-state index in [1.165, 1.54) is 15.8 Å². The second-order valence-corrected chi connectivity index (χ2v) is 10.8. The first kappa shape index (κ1) is 26.5. The van der Waals surface area contributed by atoms with Crippen LogP contribution >= 0.6 is 22.9 Å². The van der Waals surface area contributed by atoms with E-state index in [0.717, 1.165) is 24.8 Å². The maximum absolute atomic E-state index is 14.2. The summed E-state index contributed by atoms with van der Waals surface area (Å²) < 4.78 is 25.8. The second kappa shape index (κ2) is 12.1. The van der Waals surface area contributed by atoms with Gasteiger partial charge >= 0.3 is 6.03 Å². The first-order valence-corrected chi connectivity index (χ1v) is 13.9. The van der Waals surface area contributed by atoms with Crippen LogP contribution in [0.25, 0.3) is 0 Å². The highest BCUT2D eigenvalue weighted by atomic mass is 35.5. The third kappa shape index (κ3) is 6.28. The van der Waals surface area contributed by atoms with Crippen LogP contribution in [0.5, 0.6) is 5.75 Å². The minimum Gasteiger partial charge on any atom is -0.488 e. The number of carbonyl (C=O) groups is 2. The molecule has 200 valence electrons. The average molecular weight is 558 g/mol. The Labute approximate surface area is 230 Å². The number of anilines is 1. The Morgan fingerprint density at radius 2 is 2.08 bits per heavy atom. The first-order chi connectivity index (χ1) is 18.5. The van der Waals surface area contributed by atoms with Gasteiger partial charge < -0.3 is 24.6 Å². The van der Waals surface area contributed by atoms with Gasteiger partial charge in [-0.25, -0.2) is 9.18 Å². The van der Waals surface area contributed by atoms with Crippen molar-refractivity contribution in [1.82, 2.24) is 9.80 Å². The molecule has 3 amide bonds. The molecular formula is C28H29ClFN3O4S. The van der Waals surface area contributed by atoms with Crippen molar-refractivity contribution in [2.24, 2.45) is 0 Å². The second-order valence-electron chi connectivity index (χ2n) is 9.35. The Kier molecular flexibility index (Phi) is 8.46. The monoisotopic (exact) mass is 557 g/mol. The van der Waals surface area contributed by atoms with Gasteiger partial charge in [0.2, 0.25) is 5.91 Å². The number of amides is 3. The third-order valence-corrected chi connectivity index (χ3v) is 8.02. The molecule has 3 heterocycles. The summed E-state index contributed by atoms with van der Waals surface area (Å²) in [5, 5.41) is 5.35. The fraction of sp³-hybridized carbons (Fsp3) is 0.357. The van der Waals surface area contributed by atoms with Gasteiger partial charge in [0.25, 0.3) is 0 Å². The molecule has 38 heavy (non-hydrogen) atoms. The van der Waals surface area contributed by atoms with Crippen molar-refractivity contribution in [2.75, 3.05) is 38.2 Å². The molecule has 7 nitrogen and oxygen atoms in total. The quantitative estimate of drug-likeness (QED) is 0.382. The lowest BCUT2D eigenvalue weighted by atomic mass is 10.0.